The molecule has 0 aliphatic carbocycles. The second kappa shape index (κ2) is 2.70. The Labute approximate surface area is 79.6 Å². The molecule has 0 bridgehead atoms. The number of aromatic nitrogens is 3. The average Bonchev–Trinajstić information content (AvgIpc) is 2.88. The van der Waals surface area contributed by atoms with Crippen molar-refractivity contribution in [1.82, 2.24) is 15.2 Å². The van der Waals surface area contributed by atoms with Crippen molar-refractivity contribution in [2.75, 3.05) is 0 Å². The quantitative estimate of drug-likeness (QED) is 0.632. The fourth-order valence-electron chi connectivity index (χ4n) is 1.49. The smallest absolute Gasteiger partial charge is 0.247 e. The lowest BCUT2D eigenvalue weighted by Gasteiger charge is -1.94. The van der Waals surface area contributed by atoms with Crippen molar-refractivity contribution in [2.24, 2.45) is 0 Å². The SMILES string of the molecule is c1cc2cc(-c3nnco3)ccc2[nH]1. The Kier molecular flexibility index (Phi) is 1.41. The van der Waals surface area contributed by atoms with E-state index in [9.17, 15) is 0 Å². The van der Waals surface area contributed by atoms with E-state index in [-0.39, 0.29) is 0 Å². The van der Waals surface area contributed by atoms with Gasteiger partial charge in [-0.15, -0.1) is 10.2 Å². The fourth-order valence-corrected chi connectivity index (χ4v) is 1.49. The molecule has 1 N–H and O–H groups in total. The van der Waals surface area contributed by atoms with E-state index in [0.717, 1.165) is 16.5 Å². The number of fused-ring (bicyclic) bond motifs is 1. The highest BCUT2D eigenvalue weighted by Gasteiger charge is 2.03. The van der Waals surface area contributed by atoms with Crippen LogP contribution < -0.4 is 0 Å². The average molecular weight is 185 g/mol. The van der Waals surface area contributed by atoms with Gasteiger partial charge in [-0.2, -0.15) is 0 Å². The van der Waals surface area contributed by atoms with Crippen LogP contribution in [0.1, 0.15) is 0 Å². The first-order valence-electron chi connectivity index (χ1n) is 4.27. The van der Waals surface area contributed by atoms with Crippen LogP contribution in [0.15, 0.2) is 41.3 Å². The molecule has 0 fully saturated rings. The van der Waals surface area contributed by atoms with Gasteiger partial charge in [0.25, 0.3) is 0 Å². The van der Waals surface area contributed by atoms with E-state index in [0.29, 0.717) is 5.89 Å². The lowest BCUT2D eigenvalue weighted by Crippen LogP contribution is -1.77. The molecule has 2 aromatic heterocycles. The minimum absolute atomic E-state index is 0.549. The monoisotopic (exact) mass is 185 g/mol. The van der Waals surface area contributed by atoms with Crippen molar-refractivity contribution in [3.63, 3.8) is 0 Å². The number of aromatic amines is 1. The highest BCUT2D eigenvalue weighted by molar-refractivity contribution is 5.83. The van der Waals surface area contributed by atoms with E-state index in [4.69, 9.17) is 4.42 Å². The summed E-state index contributed by atoms with van der Waals surface area (Å²) in [5, 5.41) is 8.63. The van der Waals surface area contributed by atoms with Gasteiger partial charge in [-0.1, -0.05) is 0 Å². The third-order valence-corrected chi connectivity index (χ3v) is 2.16. The molecule has 3 rings (SSSR count). The van der Waals surface area contributed by atoms with Crippen molar-refractivity contribution in [2.45, 2.75) is 0 Å². The number of rotatable bonds is 1. The second-order valence-electron chi connectivity index (χ2n) is 3.02. The first-order chi connectivity index (χ1) is 6.93. The molecule has 1 aromatic carbocycles. The minimum atomic E-state index is 0.549. The van der Waals surface area contributed by atoms with Crippen LogP contribution in [0.2, 0.25) is 0 Å². The summed E-state index contributed by atoms with van der Waals surface area (Å²) in [7, 11) is 0. The molecule has 0 atom stereocenters. The zero-order chi connectivity index (χ0) is 9.38. The summed E-state index contributed by atoms with van der Waals surface area (Å²) in [6.45, 7) is 0. The largest absolute Gasteiger partial charge is 0.423 e. The lowest BCUT2D eigenvalue weighted by atomic mass is 10.1. The minimum Gasteiger partial charge on any atom is -0.423 e. The maximum absolute atomic E-state index is 5.11. The van der Waals surface area contributed by atoms with Gasteiger partial charge in [-0.3, -0.25) is 0 Å². The van der Waals surface area contributed by atoms with Crippen LogP contribution in [-0.2, 0) is 0 Å². The van der Waals surface area contributed by atoms with Gasteiger partial charge >= 0.3 is 0 Å². The van der Waals surface area contributed by atoms with E-state index >= 15 is 0 Å². The predicted octanol–water partition coefficient (Wildman–Crippen LogP) is 2.22. The molecule has 4 nitrogen and oxygen atoms in total. The van der Waals surface area contributed by atoms with Gasteiger partial charge in [0.05, 0.1) is 0 Å². The molecular formula is C10H7N3O. The normalized spacial score (nSPS) is 10.9. The molecule has 14 heavy (non-hydrogen) atoms. The van der Waals surface area contributed by atoms with Crippen LogP contribution >= 0.6 is 0 Å². The molecule has 0 unspecified atom stereocenters. The van der Waals surface area contributed by atoms with E-state index in [1.54, 1.807) is 0 Å². The van der Waals surface area contributed by atoms with Gasteiger partial charge in [0.2, 0.25) is 12.3 Å². The van der Waals surface area contributed by atoms with Crippen molar-refractivity contribution < 1.29 is 4.42 Å². The number of hydrogen-bond donors (Lipinski definition) is 1. The Morgan fingerprint density at radius 3 is 3.07 bits per heavy atom. The molecule has 0 aliphatic heterocycles. The molecule has 0 saturated heterocycles. The van der Waals surface area contributed by atoms with Gasteiger partial charge in [0.1, 0.15) is 0 Å². The van der Waals surface area contributed by atoms with Crippen LogP contribution in [0.3, 0.4) is 0 Å². The molecular weight excluding hydrogens is 178 g/mol. The van der Waals surface area contributed by atoms with Gasteiger partial charge in [0, 0.05) is 22.7 Å². The molecule has 4 heteroatoms. The topological polar surface area (TPSA) is 54.7 Å². The van der Waals surface area contributed by atoms with Crippen LogP contribution in [0.25, 0.3) is 22.4 Å². The predicted molar refractivity (Wildman–Crippen MR) is 51.6 cm³/mol. The number of nitrogens with one attached hydrogen (secondary N) is 1. The Bertz CT molecular complexity index is 554. The summed E-state index contributed by atoms with van der Waals surface area (Å²) in [6.07, 6.45) is 3.24. The molecule has 0 radical (unpaired) electrons. The zero-order valence-corrected chi connectivity index (χ0v) is 7.27. The number of H-pyrrole nitrogens is 1. The maximum atomic E-state index is 5.11. The van der Waals surface area contributed by atoms with Gasteiger partial charge in [-0.25, -0.2) is 0 Å². The summed E-state index contributed by atoms with van der Waals surface area (Å²) in [5.74, 6) is 0.549. The standard InChI is InChI=1S/C10H7N3O/c1-2-9-7(3-4-11-9)5-8(1)10-13-12-6-14-10/h1-6,11H. The van der Waals surface area contributed by atoms with Crippen LogP contribution in [-0.4, -0.2) is 15.2 Å². The highest BCUT2D eigenvalue weighted by atomic mass is 16.4. The summed E-state index contributed by atoms with van der Waals surface area (Å²) < 4.78 is 5.11. The Morgan fingerprint density at radius 1 is 1.21 bits per heavy atom. The van der Waals surface area contributed by atoms with E-state index < -0.39 is 0 Å². The lowest BCUT2D eigenvalue weighted by molar-refractivity contribution is 0.569. The van der Waals surface area contributed by atoms with Crippen LogP contribution in [0.5, 0.6) is 0 Å². The van der Waals surface area contributed by atoms with E-state index in [1.807, 2.05) is 30.5 Å². The summed E-state index contributed by atoms with van der Waals surface area (Å²) in [6, 6.07) is 7.97. The van der Waals surface area contributed by atoms with E-state index in [2.05, 4.69) is 15.2 Å². The Hall–Kier alpha value is -2.10. The van der Waals surface area contributed by atoms with Crippen molar-refractivity contribution in [1.29, 1.82) is 0 Å². The third kappa shape index (κ3) is 1.01. The van der Waals surface area contributed by atoms with Gasteiger partial charge < -0.3 is 9.40 Å². The molecule has 68 valence electrons. The highest BCUT2D eigenvalue weighted by Crippen LogP contribution is 2.21. The van der Waals surface area contributed by atoms with E-state index in [1.165, 1.54) is 6.39 Å². The molecule has 0 amide bonds. The fraction of sp³-hybridized carbons (Fsp3) is 0. The van der Waals surface area contributed by atoms with Crippen LogP contribution in [0, 0.1) is 0 Å². The third-order valence-electron chi connectivity index (χ3n) is 2.16. The van der Waals surface area contributed by atoms with Crippen molar-refractivity contribution in [3.8, 4) is 11.5 Å². The first-order valence-corrected chi connectivity index (χ1v) is 4.27. The first kappa shape index (κ1) is 7.32. The van der Waals surface area contributed by atoms with Gasteiger partial charge in [-0.05, 0) is 24.3 Å². The molecule has 2 heterocycles. The molecule has 0 aliphatic rings. The Morgan fingerprint density at radius 2 is 2.21 bits per heavy atom. The molecule has 0 saturated carbocycles. The summed E-state index contributed by atoms with van der Waals surface area (Å²) in [5.41, 5.74) is 2.04. The summed E-state index contributed by atoms with van der Waals surface area (Å²) in [4.78, 5) is 3.13. The van der Waals surface area contributed by atoms with Gasteiger partial charge in [0.15, 0.2) is 0 Å². The molecule has 3 aromatic rings. The van der Waals surface area contributed by atoms with Crippen molar-refractivity contribution >= 4 is 10.9 Å². The number of hydrogen-bond acceptors (Lipinski definition) is 3. The number of nitrogens with zero attached hydrogens (tertiary/aromatic N) is 2. The van der Waals surface area contributed by atoms with Crippen molar-refractivity contribution in [3.05, 3.63) is 36.9 Å². The second-order valence-corrected chi connectivity index (χ2v) is 3.02. The Balaban J connectivity index is 2.23. The molecule has 0 spiro atoms. The number of benzene rings is 1. The van der Waals surface area contributed by atoms with Crippen LogP contribution in [0.4, 0.5) is 0 Å². The maximum Gasteiger partial charge on any atom is 0.247 e. The zero-order valence-electron chi connectivity index (χ0n) is 7.27. The summed E-state index contributed by atoms with van der Waals surface area (Å²) >= 11 is 0.